The second kappa shape index (κ2) is 7.43. The van der Waals surface area contributed by atoms with Crippen LogP contribution in [0.4, 0.5) is 5.69 Å². The topological polar surface area (TPSA) is 29.8 Å². The molecule has 0 atom stereocenters. The standard InChI is InChI=1S/C25H29N3O/c1-25(2,3)22-15-20(28-12-8-11-26-17-28)14-18(24(22)29-5)13-19-16-27(4)23-10-7-6-9-21(19)23/h6-12,14-16H,13,17H2,1-5H3. The first kappa shape index (κ1) is 19.3. The van der Waals surface area contributed by atoms with E-state index < -0.39 is 0 Å². The molecule has 1 aliphatic rings. The van der Waals surface area contributed by atoms with Crippen LogP contribution in [0.2, 0.25) is 0 Å². The molecule has 4 heteroatoms. The summed E-state index contributed by atoms with van der Waals surface area (Å²) in [7, 11) is 3.89. The first-order valence-corrected chi connectivity index (χ1v) is 10.1. The highest BCUT2D eigenvalue weighted by Crippen LogP contribution is 2.39. The van der Waals surface area contributed by atoms with Crippen molar-refractivity contribution in [2.45, 2.75) is 32.6 Å². The lowest BCUT2D eigenvalue weighted by atomic mass is 9.83. The lowest BCUT2D eigenvalue weighted by molar-refractivity contribution is 0.393. The molecule has 0 unspecified atom stereocenters. The summed E-state index contributed by atoms with van der Waals surface area (Å²) in [6.07, 6.45) is 8.97. The summed E-state index contributed by atoms with van der Waals surface area (Å²) in [6, 6.07) is 13.1. The second-order valence-corrected chi connectivity index (χ2v) is 8.68. The van der Waals surface area contributed by atoms with Gasteiger partial charge in [0.1, 0.15) is 12.4 Å². The summed E-state index contributed by atoms with van der Waals surface area (Å²) in [4.78, 5) is 6.59. The molecule has 0 fully saturated rings. The molecule has 2 heterocycles. The minimum Gasteiger partial charge on any atom is -0.496 e. The van der Waals surface area contributed by atoms with Gasteiger partial charge in [0.25, 0.3) is 0 Å². The minimum absolute atomic E-state index is 0.0301. The Balaban J connectivity index is 1.86. The van der Waals surface area contributed by atoms with Crippen molar-refractivity contribution in [3.8, 4) is 5.75 Å². The van der Waals surface area contributed by atoms with Gasteiger partial charge in [0.05, 0.1) is 7.11 Å². The SMILES string of the molecule is COc1c(Cc2cn(C)c3ccccc23)cc(N2C=CC=NC2)cc1C(C)(C)C. The van der Waals surface area contributed by atoms with E-state index in [-0.39, 0.29) is 5.41 Å². The van der Waals surface area contributed by atoms with Crippen LogP contribution in [0.1, 0.15) is 37.5 Å². The van der Waals surface area contributed by atoms with E-state index in [0.29, 0.717) is 6.67 Å². The lowest BCUT2D eigenvalue weighted by Gasteiger charge is -2.28. The summed E-state index contributed by atoms with van der Waals surface area (Å²) in [5.74, 6) is 0.985. The Morgan fingerprint density at radius 2 is 1.90 bits per heavy atom. The van der Waals surface area contributed by atoms with Crippen LogP contribution in [0.15, 0.2) is 59.9 Å². The maximum Gasteiger partial charge on any atom is 0.126 e. The van der Waals surface area contributed by atoms with Crippen LogP contribution in [-0.4, -0.2) is 24.6 Å². The van der Waals surface area contributed by atoms with E-state index in [1.54, 1.807) is 7.11 Å². The van der Waals surface area contributed by atoms with E-state index in [2.05, 4.69) is 91.1 Å². The highest BCUT2D eigenvalue weighted by Gasteiger charge is 2.24. The normalized spacial score (nSPS) is 14.0. The monoisotopic (exact) mass is 387 g/mol. The number of hydrogen-bond donors (Lipinski definition) is 0. The van der Waals surface area contributed by atoms with Gasteiger partial charge in [-0.2, -0.15) is 0 Å². The van der Waals surface area contributed by atoms with E-state index in [1.165, 1.54) is 27.6 Å². The molecule has 0 spiro atoms. The third-order valence-electron chi connectivity index (χ3n) is 5.55. The van der Waals surface area contributed by atoms with Crippen LogP contribution in [0.5, 0.6) is 5.75 Å². The molecule has 0 saturated heterocycles. The number of aryl methyl sites for hydroxylation is 1. The number of aliphatic imine (C=N–C) groups is 1. The van der Waals surface area contributed by atoms with Crippen molar-refractivity contribution in [1.82, 2.24) is 4.57 Å². The highest BCUT2D eigenvalue weighted by molar-refractivity contribution is 5.84. The fourth-order valence-corrected chi connectivity index (χ4v) is 4.09. The smallest absolute Gasteiger partial charge is 0.126 e. The Bertz CT molecular complexity index is 1100. The van der Waals surface area contributed by atoms with Crippen LogP contribution in [-0.2, 0) is 18.9 Å². The molecule has 0 N–H and O–H groups in total. The Labute approximate surface area is 173 Å². The fourth-order valence-electron chi connectivity index (χ4n) is 4.09. The van der Waals surface area contributed by atoms with Gasteiger partial charge in [0.2, 0.25) is 0 Å². The molecule has 0 aliphatic carbocycles. The molecule has 0 saturated carbocycles. The van der Waals surface area contributed by atoms with E-state index >= 15 is 0 Å². The largest absolute Gasteiger partial charge is 0.496 e. The fraction of sp³-hybridized carbons (Fsp3) is 0.320. The zero-order chi connectivity index (χ0) is 20.6. The minimum atomic E-state index is -0.0301. The number of fused-ring (bicyclic) bond motifs is 1. The van der Waals surface area contributed by atoms with Gasteiger partial charge in [0, 0.05) is 59.8 Å². The van der Waals surface area contributed by atoms with Gasteiger partial charge in [-0.15, -0.1) is 0 Å². The maximum absolute atomic E-state index is 5.96. The van der Waals surface area contributed by atoms with E-state index in [4.69, 9.17) is 4.74 Å². The second-order valence-electron chi connectivity index (χ2n) is 8.68. The summed E-state index contributed by atoms with van der Waals surface area (Å²) in [5.41, 5.74) is 6.11. The molecule has 2 aromatic carbocycles. The summed E-state index contributed by atoms with van der Waals surface area (Å²) in [5, 5.41) is 1.29. The number of benzene rings is 2. The van der Waals surface area contributed by atoms with Crippen molar-refractivity contribution >= 4 is 22.8 Å². The van der Waals surface area contributed by atoms with Gasteiger partial charge in [-0.05, 0) is 35.3 Å². The van der Waals surface area contributed by atoms with Crippen molar-refractivity contribution in [3.63, 3.8) is 0 Å². The van der Waals surface area contributed by atoms with E-state index in [9.17, 15) is 0 Å². The number of hydrogen-bond acceptors (Lipinski definition) is 3. The van der Waals surface area contributed by atoms with Gasteiger partial charge in [-0.1, -0.05) is 39.0 Å². The van der Waals surface area contributed by atoms with Crippen molar-refractivity contribution in [1.29, 1.82) is 0 Å². The lowest BCUT2D eigenvalue weighted by Crippen LogP contribution is -2.21. The third kappa shape index (κ3) is 3.67. The summed E-state index contributed by atoms with van der Waals surface area (Å²) >= 11 is 0. The molecule has 150 valence electrons. The molecule has 4 nitrogen and oxygen atoms in total. The quantitative estimate of drug-likeness (QED) is 0.597. The Morgan fingerprint density at radius 3 is 2.59 bits per heavy atom. The average molecular weight is 388 g/mol. The zero-order valence-electron chi connectivity index (χ0n) is 17.9. The first-order valence-electron chi connectivity index (χ1n) is 10.1. The molecule has 29 heavy (non-hydrogen) atoms. The van der Waals surface area contributed by atoms with Gasteiger partial charge >= 0.3 is 0 Å². The number of aromatic nitrogens is 1. The molecule has 0 radical (unpaired) electrons. The molecule has 0 bridgehead atoms. The van der Waals surface area contributed by atoms with Crippen LogP contribution < -0.4 is 9.64 Å². The summed E-state index contributed by atoms with van der Waals surface area (Å²) in [6.45, 7) is 7.35. The van der Waals surface area contributed by atoms with Gasteiger partial charge in [-0.25, -0.2) is 0 Å². The molecular formula is C25H29N3O. The van der Waals surface area contributed by atoms with Crippen molar-refractivity contribution in [3.05, 3.63) is 71.6 Å². The average Bonchev–Trinajstić information content (AvgIpc) is 3.03. The maximum atomic E-state index is 5.96. The van der Waals surface area contributed by atoms with Gasteiger partial charge in [-0.3, -0.25) is 4.99 Å². The Kier molecular flexibility index (Phi) is 4.95. The van der Waals surface area contributed by atoms with Crippen molar-refractivity contribution in [2.24, 2.45) is 12.0 Å². The number of rotatable bonds is 4. The van der Waals surface area contributed by atoms with E-state index in [0.717, 1.165) is 17.9 Å². The number of nitrogens with zero attached hydrogens (tertiary/aromatic N) is 3. The third-order valence-corrected chi connectivity index (χ3v) is 5.55. The first-order chi connectivity index (χ1) is 13.9. The molecule has 0 amide bonds. The van der Waals surface area contributed by atoms with Crippen molar-refractivity contribution < 1.29 is 4.74 Å². The number of para-hydroxylation sites is 1. The molecule has 1 aromatic heterocycles. The van der Waals surface area contributed by atoms with E-state index in [1.807, 2.05) is 12.3 Å². The van der Waals surface area contributed by atoms with Crippen LogP contribution >= 0.6 is 0 Å². The molecule has 3 aromatic rings. The van der Waals surface area contributed by atoms with Crippen LogP contribution in [0.3, 0.4) is 0 Å². The van der Waals surface area contributed by atoms with Crippen LogP contribution in [0, 0.1) is 0 Å². The Morgan fingerprint density at radius 1 is 1.10 bits per heavy atom. The highest BCUT2D eigenvalue weighted by atomic mass is 16.5. The predicted octanol–water partition coefficient (Wildman–Crippen LogP) is 5.44. The molecule has 4 rings (SSSR count). The molecular weight excluding hydrogens is 358 g/mol. The van der Waals surface area contributed by atoms with Gasteiger partial charge in [0.15, 0.2) is 0 Å². The Hall–Kier alpha value is -3.01. The number of ether oxygens (including phenoxy) is 1. The van der Waals surface area contributed by atoms with Crippen molar-refractivity contribution in [2.75, 3.05) is 18.7 Å². The summed E-state index contributed by atoms with van der Waals surface area (Å²) < 4.78 is 8.17. The predicted molar refractivity (Wildman–Crippen MR) is 122 cm³/mol. The number of anilines is 1. The van der Waals surface area contributed by atoms with Crippen LogP contribution in [0.25, 0.3) is 10.9 Å². The number of allylic oxidation sites excluding steroid dienone is 1. The molecule has 1 aliphatic heterocycles. The zero-order valence-corrected chi connectivity index (χ0v) is 17.9. The van der Waals surface area contributed by atoms with Gasteiger partial charge < -0.3 is 14.2 Å². The number of methoxy groups -OCH3 is 1.